The summed E-state index contributed by atoms with van der Waals surface area (Å²) < 4.78 is 48.3. The minimum Gasteiger partial charge on any atom is -0.447 e. The number of hydrogen-bond donors (Lipinski definition) is 1. The molecule has 0 spiro atoms. The van der Waals surface area contributed by atoms with Crippen LogP contribution in [0.4, 0.5) is 18.0 Å². The van der Waals surface area contributed by atoms with E-state index in [2.05, 4.69) is 10.2 Å². The van der Waals surface area contributed by atoms with Gasteiger partial charge in [-0.2, -0.15) is 13.2 Å². The number of halogens is 3. The quantitative estimate of drug-likeness (QED) is 0.689. The number of carbonyl (C=O) groups excluding carboxylic acids is 2. The Labute approximate surface area is 166 Å². The lowest BCUT2D eigenvalue weighted by Crippen LogP contribution is -2.46. The molecule has 2 fully saturated rings. The Balaban J connectivity index is 1.49. The summed E-state index contributed by atoms with van der Waals surface area (Å²) in [5.74, 6) is -0.329. The van der Waals surface area contributed by atoms with Crippen molar-refractivity contribution >= 4 is 12.0 Å². The van der Waals surface area contributed by atoms with Gasteiger partial charge >= 0.3 is 12.3 Å². The van der Waals surface area contributed by atoms with Crippen molar-refractivity contribution in [2.75, 3.05) is 46.0 Å². The Morgan fingerprint density at radius 2 is 1.86 bits per heavy atom. The lowest BCUT2D eigenvalue weighted by atomic mass is 10.1. The summed E-state index contributed by atoms with van der Waals surface area (Å²) in [6.07, 6.45) is -4.31. The molecule has 0 bridgehead atoms. The first-order valence-electron chi connectivity index (χ1n) is 9.52. The maximum absolute atomic E-state index is 12.7. The minimum absolute atomic E-state index is 0.00281. The van der Waals surface area contributed by atoms with Gasteiger partial charge in [0.15, 0.2) is 0 Å². The standard InChI is InChI=1S/C19H24F3N3O4/c20-19(21,22)15-4-2-14(3-5-15)12-25-16(13-29-18(25)27)17(26)23-6-1-7-24-8-10-28-11-9-24/h2-5,16H,1,6-13H2,(H,23,26)/t16-/m0/s1. The number of carbonyl (C=O) groups is 2. The molecule has 10 heteroatoms. The average Bonchev–Trinajstić information content (AvgIpc) is 3.06. The molecule has 0 aliphatic carbocycles. The van der Waals surface area contributed by atoms with Crippen molar-refractivity contribution in [3.63, 3.8) is 0 Å². The van der Waals surface area contributed by atoms with E-state index in [1.807, 2.05) is 0 Å². The second-order valence-electron chi connectivity index (χ2n) is 7.01. The van der Waals surface area contributed by atoms with Crippen molar-refractivity contribution in [1.29, 1.82) is 0 Å². The lowest BCUT2D eigenvalue weighted by Gasteiger charge is -2.26. The van der Waals surface area contributed by atoms with E-state index >= 15 is 0 Å². The van der Waals surface area contributed by atoms with Crippen LogP contribution in [-0.4, -0.2) is 73.8 Å². The fourth-order valence-corrected chi connectivity index (χ4v) is 3.29. The van der Waals surface area contributed by atoms with Gasteiger partial charge in [0, 0.05) is 19.6 Å². The van der Waals surface area contributed by atoms with E-state index in [9.17, 15) is 22.8 Å². The number of amides is 2. The number of benzene rings is 1. The van der Waals surface area contributed by atoms with Gasteiger partial charge in [-0.1, -0.05) is 12.1 Å². The number of nitrogens with zero attached hydrogens (tertiary/aromatic N) is 2. The molecule has 2 heterocycles. The van der Waals surface area contributed by atoms with Crippen LogP contribution in [-0.2, 0) is 27.0 Å². The van der Waals surface area contributed by atoms with Crippen LogP contribution >= 0.6 is 0 Å². The number of nitrogens with one attached hydrogen (secondary N) is 1. The van der Waals surface area contributed by atoms with E-state index in [1.165, 1.54) is 17.0 Å². The van der Waals surface area contributed by atoms with Crippen LogP contribution in [0, 0.1) is 0 Å². The SMILES string of the molecule is O=C(NCCCN1CCOCC1)[C@@H]1COC(=O)N1Cc1ccc(C(F)(F)F)cc1. The highest BCUT2D eigenvalue weighted by atomic mass is 19.4. The number of hydrogen-bond acceptors (Lipinski definition) is 5. The topological polar surface area (TPSA) is 71.1 Å². The number of ether oxygens (including phenoxy) is 2. The van der Waals surface area contributed by atoms with Crippen molar-refractivity contribution in [1.82, 2.24) is 15.1 Å². The summed E-state index contributed by atoms with van der Waals surface area (Å²) in [7, 11) is 0. The molecule has 1 atom stereocenters. The fourth-order valence-electron chi connectivity index (χ4n) is 3.29. The fraction of sp³-hybridized carbons (Fsp3) is 0.579. The highest BCUT2D eigenvalue weighted by Gasteiger charge is 2.38. The van der Waals surface area contributed by atoms with Gasteiger partial charge in [0.2, 0.25) is 5.91 Å². The average molecular weight is 415 g/mol. The summed E-state index contributed by atoms with van der Waals surface area (Å²) >= 11 is 0. The van der Waals surface area contributed by atoms with Gasteiger partial charge in [0.05, 0.1) is 25.3 Å². The third-order valence-electron chi connectivity index (χ3n) is 4.97. The number of cyclic esters (lactones) is 1. The van der Waals surface area contributed by atoms with Crippen molar-refractivity contribution in [2.45, 2.75) is 25.2 Å². The smallest absolute Gasteiger partial charge is 0.416 e. The Morgan fingerprint density at radius 1 is 1.17 bits per heavy atom. The molecule has 2 aliphatic heterocycles. The Morgan fingerprint density at radius 3 is 2.52 bits per heavy atom. The van der Waals surface area contributed by atoms with Crippen molar-refractivity contribution in [3.05, 3.63) is 35.4 Å². The highest BCUT2D eigenvalue weighted by Crippen LogP contribution is 2.29. The molecule has 1 aromatic rings. The van der Waals surface area contributed by atoms with Gasteiger partial charge in [-0.3, -0.25) is 14.6 Å². The van der Waals surface area contributed by atoms with Gasteiger partial charge < -0.3 is 14.8 Å². The van der Waals surface area contributed by atoms with Crippen LogP contribution in [0.1, 0.15) is 17.5 Å². The molecule has 160 valence electrons. The van der Waals surface area contributed by atoms with Crippen molar-refractivity contribution < 1.29 is 32.2 Å². The monoisotopic (exact) mass is 415 g/mol. The van der Waals surface area contributed by atoms with Crippen molar-refractivity contribution in [3.8, 4) is 0 Å². The molecule has 0 unspecified atom stereocenters. The van der Waals surface area contributed by atoms with E-state index < -0.39 is 23.9 Å². The second kappa shape index (κ2) is 9.45. The molecule has 2 saturated heterocycles. The second-order valence-corrected chi connectivity index (χ2v) is 7.01. The molecule has 2 amide bonds. The summed E-state index contributed by atoms with van der Waals surface area (Å²) in [5, 5.41) is 2.81. The predicted molar refractivity (Wildman–Crippen MR) is 97.0 cm³/mol. The summed E-state index contributed by atoms with van der Waals surface area (Å²) in [4.78, 5) is 27.9. The van der Waals surface area contributed by atoms with E-state index in [-0.39, 0.29) is 19.1 Å². The Kier molecular flexibility index (Phi) is 6.96. The predicted octanol–water partition coefficient (Wildman–Crippen LogP) is 1.86. The van der Waals surface area contributed by atoms with Gasteiger partial charge in [-0.05, 0) is 30.7 Å². The zero-order valence-electron chi connectivity index (χ0n) is 15.9. The van der Waals surface area contributed by atoms with Crippen LogP contribution in [0.25, 0.3) is 0 Å². The third kappa shape index (κ3) is 5.83. The largest absolute Gasteiger partial charge is 0.447 e. The van der Waals surface area contributed by atoms with E-state index in [0.717, 1.165) is 38.2 Å². The third-order valence-corrected chi connectivity index (χ3v) is 4.97. The van der Waals surface area contributed by atoms with Gasteiger partial charge in [0.1, 0.15) is 12.6 Å². The first kappa shape index (κ1) is 21.4. The maximum Gasteiger partial charge on any atom is 0.416 e. The lowest BCUT2D eigenvalue weighted by molar-refractivity contribution is -0.137. The molecule has 1 aromatic carbocycles. The van der Waals surface area contributed by atoms with Crippen LogP contribution in [0.15, 0.2) is 24.3 Å². The van der Waals surface area contributed by atoms with E-state index in [0.29, 0.717) is 25.3 Å². The van der Waals surface area contributed by atoms with Crippen molar-refractivity contribution in [2.24, 2.45) is 0 Å². The first-order valence-corrected chi connectivity index (χ1v) is 9.52. The summed E-state index contributed by atoms with van der Waals surface area (Å²) in [5.41, 5.74) is -0.276. The van der Waals surface area contributed by atoms with Crippen LogP contribution in [0.5, 0.6) is 0 Å². The molecular weight excluding hydrogens is 391 g/mol. The van der Waals surface area contributed by atoms with E-state index in [4.69, 9.17) is 9.47 Å². The maximum atomic E-state index is 12.7. The molecule has 0 aromatic heterocycles. The molecule has 0 saturated carbocycles. The summed E-state index contributed by atoms with van der Waals surface area (Å²) in [6, 6.07) is 3.71. The molecule has 7 nitrogen and oxygen atoms in total. The zero-order valence-corrected chi connectivity index (χ0v) is 15.9. The van der Waals surface area contributed by atoms with Gasteiger partial charge in [-0.15, -0.1) is 0 Å². The molecule has 3 rings (SSSR count). The molecule has 0 radical (unpaired) electrons. The van der Waals surface area contributed by atoms with Gasteiger partial charge in [0.25, 0.3) is 0 Å². The van der Waals surface area contributed by atoms with E-state index in [1.54, 1.807) is 0 Å². The normalized spacial score (nSPS) is 20.6. The van der Waals surface area contributed by atoms with Crippen LogP contribution in [0.3, 0.4) is 0 Å². The number of morpholine rings is 1. The molecule has 2 aliphatic rings. The van der Waals surface area contributed by atoms with Crippen LogP contribution in [0.2, 0.25) is 0 Å². The number of alkyl halides is 3. The Hall–Kier alpha value is -2.33. The molecule has 29 heavy (non-hydrogen) atoms. The van der Waals surface area contributed by atoms with Crippen LogP contribution < -0.4 is 5.32 Å². The Bertz CT molecular complexity index is 706. The number of rotatable bonds is 7. The van der Waals surface area contributed by atoms with Gasteiger partial charge in [-0.25, -0.2) is 4.79 Å². The zero-order chi connectivity index (χ0) is 20.9. The molecular formula is C19H24F3N3O4. The highest BCUT2D eigenvalue weighted by molar-refractivity contribution is 5.87. The minimum atomic E-state index is -4.42. The summed E-state index contributed by atoms with van der Waals surface area (Å²) in [6.45, 7) is 4.42. The molecule has 1 N–H and O–H groups in total. The first-order chi connectivity index (χ1) is 13.8.